The molecule has 0 unspecified atom stereocenters. The summed E-state index contributed by atoms with van der Waals surface area (Å²) in [5, 5.41) is 7.94. The van der Waals surface area contributed by atoms with E-state index in [-0.39, 0.29) is 5.54 Å². The minimum atomic E-state index is -0.0326. The molecule has 2 N–H and O–H groups in total. The van der Waals surface area contributed by atoms with E-state index < -0.39 is 0 Å². The maximum atomic E-state index is 5.73. The van der Waals surface area contributed by atoms with Gasteiger partial charge in [-0.1, -0.05) is 18.6 Å². The van der Waals surface area contributed by atoms with Crippen LogP contribution in [0.3, 0.4) is 0 Å². The molecule has 1 aromatic rings. The summed E-state index contributed by atoms with van der Waals surface area (Å²) in [5.41, 5.74) is 6.75. The van der Waals surface area contributed by atoms with Gasteiger partial charge in [0, 0.05) is 0 Å². The van der Waals surface area contributed by atoms with Gasteiger partial charge in [-0.2, -0.15) is 0 Å². The van der Waals surface area contributed by atoms with E-state index in [9.17, 15) is 0 Å². The number of hydrogen-bond acceptors (Lipinski definition) is 3. The first-order chi connectivity index (χ1) is 5.96. The van der Waals surface area contributed by atoms with Crippen molar-refractivity contribution in [3.8, 4) is 0 Å². The molecule has 13 heavy (non-hydrogen) atoms. The maximum absolute atomic E-state index is 5.73. The van der Waals surface area contributed by atoms with Crippen LogP contribution >= 0.6 is 0 Å². The standard InChI is InChI=1S/C9H18N4/c1-5-6-7-8(10)11-12-13(7)9(2,3)4/h5-6,10H2,1-4H3. The Morgan fingerprint density at radius 2 is 2.00 bits per heavy atom. The molecule has 0 aliphatic heterocycles. The van der Waals surface area contributed by atoms with E-state index in [1.807, 2.05) is 4.68 Å². The fourth-order valence-electron chi connectivity index (χ4n) is 1.32. The molecule has 0 amide bonds. The topological polar surface area (TPSA) is 56.7 Å². The zero-order valence-electron chi connectivity index (χ0n) is 8.83. The predicted molar refractivity (Wildman–Crippen MR) is 53.4 cm³/mol. The number of aromatic nitrogens is 3. The molecule has 0 spiro atoms. The Morgan fingerprint density at radius 1 is 1.38 bits per heavy atom. The second-order valence-corrected chi connectivity index (χ2v) is 4.25. The number of rotatable bonds is 2. The molecule has 1 heterocycles. The number of nitrogen functional groups attached to an aromatic ring is 1. The van der Waals surface area contributed by atoms with E-state index in [1.54, 1.807) is 0 Å². The Bertz CT molecular complexity index is 282. The van der Waals surface area contributed by atoms with Crippen LogP contribution in [0.15, 0.2) is 0 Å². The van der Waals surface area contributed by atoms with E-state index in [2.05, 4.69) is 38.0 Å². The maximum Gasteiger partial charge on any atom is 0.169 e. The first kappa shape index (κ1) is 10.0. The normalized spacial score (nSPS) is 12.0. The van der Waals surface area contributed by atoms with E-state index >= 15 is 0 Å². The highest BCUT2D eigenvalue weighted by atomic mass is 15.5. The molecule has 0 fully saturated rings. The summed E-state index contributed by atoms with van der Waals surface area (Å²) in [7, 11) is 0. The molecule has 0 aliphatic carbocycles. The van der Waals surface area contributed by atoms with Gasteiger partial charge in [0.25, 0.3) is 0 Å². The van der Waals surface area contributed by atoms with Crippen LogP contribution in [0.4, 0.5) is 5.82 Å². The minimum absolute atomic E-state index is 0.0326. The zero-order chi connectivity index (χ0) is 10.1. The van der Waals surface area contributed by atoms with Crippen molar-refractivity contribution in [2.45, 2.75) is 46.1 Å². The van der Waals surface area contributed by atoms with Crippen LogP contribution in [0, 0.1) is 0 Å². The number of nitrogens with zero attached hydrogens (tertiary/aromatic N) is 3. The van der Waals surface area contributed by atoms with Gasteiger partial charge in [-0.05, 0) is 27.2 Å². The van der Waals surface area contributed by atoms with E-state index in [4.69, 9.17) is 5.73 Å². The van der Waals surface area contributed by atoms with Crippen molar-refractivity contribution in [3.05, 3.63) is 5.69 Å². The molecule has 0 aromatic carbocycles. The second kappa shape index (κ2) is 3.36. The summed E-state index contributed by atoms with van der Waals surface area (Å²) in [4.78, 5) is 0. The summed E-state index contributed by atoms with van der Waals surface area (Å²) >= 11 is 0. The highest BCUT2D eigenvalue weighted by molar-refractivity contribution is 5.33. The van der Waals surface area contributed by atoms with Crippen molar-refractivity contribution in [3.63, 3.8) is 0 Å². The van der Waals surface area contributed by atoms with Crippen LogP contribution in [-0.2, 0) is 12.0 Å². The van der Waals surface area contributed by atoms with Gasteiger partial charge in [-0.25, -0.2) is 4.68 Å². The van der Waals surface area contributed by atoms with Gasteiger partial charge in [0.1, 0.15) is 0 Å². The summed E-state index contributed by atoms with van der Waals surface area (Å²) < 4.78 is 1.91. The lowest BCUT2D eigenvalue weighted by atomic mass is 10.1. The smallest absolute Gasteiger partial charge is 0.169 e. The Kier molecular flexibility index (Phi) is 2.59. The lowest BCUT2D eigenvalue weighted by molar-refractivity contribution is 0.335. The van der Waals surface area contributed by atoms with Gasteiger partial charge in [-0.3, -0.25) is 0 Å². The lowest BCUT2D eigenvalue weighted by Crippen LogP contribution is -2.25. The van der Waals surface area contributed by atoms with Crippen LogP contribution in [0.1, 0.15) is 39.8 Å². The molecule has 0 atom stereocenters. The van der Waals surface area contributed by atoms with Crippen LogP contribution in [0.2, 0.25) is 0 Å². The molecule has 4 nitrogen and oxygen atoms in total. The quantitative estimate of drug-likeness (QED) is 0.755. The molecule has 1 rings (SSSR count). The number of anilines is 1. The van der Waals surface area contributed by atoms with Crippen molar-refractivity contribution in [2.75, 3.05) is 5.73 Å². The van der Waals surface area contributed by atoms with Crippen molar-refractivity contribution in [1.29, 1.82) is 0 Å². The van der Waals surface area contributed by atoms with Gasteiger partial charge in [0.05, 0.1) is 11.2 Å². The summed E-state index contributed by atoms with van der Waals surface area (Å²) in [5.74, 6) is 0.566. The molecular formula is C9H18N4. The fourth-order valence-corrected chi connectivity index (χ4v) is 1.32. The third-order valence-electron chi connectivity index (χ3n) is 1.92. The summed E-state index contributed by atoms with van der Waals surface area (Å²) in [6, 6.07) is 0. The van der Waals surface area contributed by atoms with E-state index in [0.29, 0.717) is 5.82 Å². The third-order valence-corrected chi connectivity index (χ3v) is 1.92. The molecule has 0 bridgehead atoms. The molecule has 0 radical (unpaired) electrons. The molecule has 0 aliphatic rings. The highest BCUT2D eigenvalue weighted by Crippen LogP contribution is 2.19. The molecule has 4 heteroatoms. The third kappa shape index (κ3) is 1.99. The molecular weight excluding hydrogens is 164 g/mol. The van der Waals surface area contributed by atoms with E-state index in [0.717, 1.165) is 18.5 Å². The Balaban J connectivity index is 3.07. The summed E-state index contributed by atoms with van der Waals surface area (Å²) in [6.07, 6.45) is 2.00. The van der Waals surface area contributed by atoms with Gasteiger partial charge < -0.3 is 5.73 Å². The van der Waals surface area contributed by atoms with Gasteiger partial charge in [-0.15, -0.1) is 5.10 Å². The fraction of sp³-hybridized carbons (Fsp3) is 0.778. The molecule has 0 saturated heterocycles. The van der Waals surface area contributed by atoms with Crippen LogP contribution in [0.25, 0.3) is 0 Å². The lowest BCUT2D eigenvalue weighted by Gasteiger charge is -2.21. The van der Waals surface area contributed by atoms with Crippen LogP contribution in [-0.4, -0.2) is 15.0 Å². The average Bonchev–Trinajstić information content (AvgIpc) is 2.32. The van der Waals surface area contributed by atoms with Crippen molar-refractivity contribution in [2.24, 2.45) is 0 Å². The van der Waals surface area contributed by atoms with Gasteiger partial charge in [0.2, 0.25) is 0 Å². The highest BCUT2D eigenvalue weighted by Gasteiger charge is 2.20. The van der Waals surface area contributed by atoms with Gasteiger partial charge in [0.15, 0.2) is 5.82 Å². The molecule has 74 valence electrons. The van der Waals surface area contributed by atoms with Crippen LogP contribution < -0.4 is 5.73 Å². The van der Waals surface area contributed by atoms with Crippen molar-refractivity contribution in [1.82, 2.24) is 15.0 Å². The van der Waals surface area contributed by atoms with Crippen LogP contribution in [0.5, 0.6) is 0 Å². The van der Waals surface area contributed by atoms with E-state index in [1.165, 1.54) is 0 Å². The summed E-state index contributed by atoms with van der Waals surface area (Å²) in [6.45, 7) is 8.42. The van der Waals surface area contributed by atoms with Gasteiger partial charge >= 0.3 is 0 Å². The minimum Gasteiger partial charge on any atom is -0.381 e. The van der Waals surface area contributed by atoms with Crippen molar-refractivity contribution < 1.29 is 0 Å². The number of nitrogens with two attached hydrogens (primary N) is 1. The zero-order valence-corrected chi connectivity index (χ0v) is 8.83. The molecule has 1 aromatic heterocycles. The largest absolute Gasteiger partial charge is 0.381 e. The monoisotopic (exact) mass is 182 g/mol. The Hall–Kier alpha value is -1.06. The van der Waals surface area contributed by atoms with Crippen molar-refractivity contribution >= 4 is 5.82 Å². The predicted octanol–water partition coefficient (Wildman–Crippen LogP) is 1.57. The Labute approximate surface area is 79.1 Å². The first-order valence-electron chi connectivity index (χ1n) is 4.67. The first-order valence-corrected chi connectivity index (χ1v) is 4.67. The Morgan fingerprint density at radius 3 is 2.46 bits per heavy atom. The number of hydrogen-bond donors (Lipinski definition) is 1. The second-order valence-electron chi connectivity index (χ2n) is 4.25. The molecule has 0 saturated carbocycles. The SMILES string of the molecule is CCCc1c(N)nnn1C(C)(C)C. The average molecular weight is 182 g/mol.